The molecule has 1 aromatic heterocycles. The number of rotatable bonds is 11. The van der Waals surface area contributed by atoms with Gasteiger partial charge >= 0.3 is 5.97 Å². The van der Waals surface area contributed by atoms with Gasteiger partial charge in [0.1, 0.15) is 5.75 Å². The molecule has 26 heavy (non-hydrogen) atoms. The molecule has 0 spiro atoms. The summed E-state index contributed by atoms with van der Waals surface area (Å²) in [5.41, 5.74) is 1.99. The second-order valence-corrected chi connectivity index (χ2v) is 6.76. The number of nitrogens with zero attached hydrogens (tertiary/aromatic N) is 2. The lowest BCUT2D eigenvalue weighted by molar-refractivity contribution is -0.143. The zero-order chi connectivity index (χ0) is 18.8. The van der Waals surface area contributed by atoms with Crippen LogP contribution in [0.5, 0.6) is 5.75 Å². The van der Waals surface area contributed by atoms with E-state index in [1.54, 1.807) is 25.1 Å². The van der Waals surface area contributed by atoms with E-state index < -0.39 is 0 Å². The van der Waals surface area contributed by atoms with Crippen molar-refractivity contribution in [3.05, 3.63) is 41.7 Å². The molecule has 2 aromatic rings. The molecule has 0 atom stereocenters. The number of methoxy groups -OCH3 is 1. The first-order valence-corrected chi connectivity index (χ1v) is 9.73. The Morgan fingerprint density at radius 1 is 1.31 bits per heavy atom. The molecule has 0 fully saturated rings. The number of imidazole rings is 1. The van der Waals surface area contributed by atoms with Gasteiger partial charge in [0.05, 0.1) is 32.2 Å². The van der Waals surface area contributed by atoms with Gasteiger partial charge in [-0.25, -0.2) is 4.98 Å². The van der Waals surface area contributed by atoms with Crippen molar-refractivity contribution < 1.29 is 19.4 Å². The van der Waals surface area contributed by atoms with E-state index >= 15 is 0 Å². The summed E-state index contributed by atoms with van der Waals surface area (Å²) < 4.78 is 12.2. The molecule has 6 nitrogen and oxygen atoms in total. The first-order valence-electron chi connectivity index (χ1n) is 8.74. The van der Waals surface area contributed by atoms with Crippen LogP contribution in [0.3, 0.4) is 0 Å². The zero-order valence-corrected chi connectivity index (χ0v) is 16.1. The van der Waals surface area contributed by atoms with Crippen LogP contribution in [0, 0.1) is 0 Å². The standard InChI is InChI=1S/C19H26N2O4S/c1-3-25-18(23)5-4-12-26-19-20-13-16(14-22)21(19)11-10-15-6-8-17(24-2)9-7-15/h6-9,13,22H,3-5,10-12,14H2,1-2H3. The Kier molecular flexibility index (Phi) is 8.50. The van der Waals surface area contributed by atoms with Gasteiger partial charge < -0.3 is 19.1 Å². The van der Waals surface area contributed by atoms with Crippen molar-refractivity contribution in [3.8, 4) is 5.75 Å². The van der Waals surface area contributed by atoms with Crippen LogP contribution in [-0.2, 0) is 29.1 Å². The van der Waals surface area contributed by atoms with Gasteiger partial charge in [0.2, 0.25) is 0 Å². The van der Waals surface area contributed by atoms with Crippen molar-refractivity contribution in [2.75, 3.05) is 19.5 Å². The van der Waals surface area contributed by atoms with Crippen LogP contribution in [0.4, 0.5) is 0 Å². The third-order valence-electron chi connectivity index (χ3n) is 3.91. The maximum absolute atomic E-state index is 11.4. The minimum Gasteiger partial charge on any atom is -0.497 e. The number of carbonyl (C=O) groups is 1. The fourth-order valence-electron chi connectivity index (χ4n) is 2.52. The summed E-state index contributed by atoms with van der Waals surface area (Å²) in [4.78, 5) is 15.8. The molecule has 0 saturated heterocycles. The van der Waals surface area contributed by atoms with Crippen molar-refractivity contribution in [1.29, 1.82) is 0 Å². The fourth-order valence-corrected chi connectivity index (χ4v) is 3.48. The Morgan fingerprint density at radius 2 is 2.08 bits per heavy atom. The molecule has 142 valence electrons. The maximum atomic E-state index is 11.4. The van der Waals surface area contributed by atoms with Gasteiger partial charge in [-0.3, -0.25) is 4.79 Å². The molecule has 0 radical (unpaired) electrons. The van der Waals surface area contributed by atoms with Crippen LogP contribution in [-0.4, -0.2) is 40.1 Å². The van der Waals surface area contributed by atoms with Gasteiger partial charge in [0.25, 0.3) is 0 Å². The van der Waals surface area contributed by atoms with E-state index in [0.29, 0.717) is 13.0 Å². The lowest BCUT2D eigenvalue weighted by Gasteiger charge is -2.11. The number of thioether (sulfide) groups is 1. The molecule has 0 unspecified atom stereocenters. The molecule has 1 heterocycles. The second-order valence-electron chi connectivity index (χ2n) is 5.70. The summed E-state index contributed by atoms with van der Waals surface area (Å²) >= 11 is 1.60. The number of hydrogen-bond acceptors (Lipinski definition) is 6. The number of carbonyl (C=O) groups excluding carboxylic acids is 1. The predicted octanol–water partition coefficient (Wildman–Crippen LogP) is 3.06. The average molecular weight is 378 g/mol. The summed E-state index contributed by atoms with van der Waals surface area (Å²) in [5, 5.41) is 10.4. The van der Waals surface area contributed by atoms with Crippen LogP contribution < -0.4 is 4.74 Å². The number of benzene rings is 1. The lowest BCUT2D eigenvalue weighted by Crippen LogP contribution is -2.08. The van der Waals surface area contributed by atoms with Crippen LogP contribution in [0.2, 0.25) is 0 Å². The van der Waals surface area contributed by atoms with Gasteiger partial charge in [-0.15, -0.1) is 0 Å². The van der Waals surface area contributed by atoms with Gasteiger partial charge in [-0.1, -0.05) is 23.9 Å². The summed E-state index contributed by atoms with van der Waals surface area (Å²) in [5.74, 6) is 1.46. The highest BCUT2D eigenvalue weighted by Gasteiger charge is 2.11. The van der Waals surface area contributed by atoms with E-state index in [2.05, 4.69) is 4.98 Å². The molecule has 0 amide bonds. The molecular weight excluding hydrogens is 352 g/mol. The van der Waals surface area contributed by atoms with E-state index in [-0.39, 0.29) is 12.6 Å². The quantitative estimate of drug-likeness (QED) is 0.368. The molecule has 0 bridgehead atoms. The molecule has 2 rings (SSSR count). The monoisotopic (exact) mass is 378 g/mol. The number of aliphatic hydroxyl groups excluding tert-OH is 1. The molecular formula is C19H26N2O4S. The second kappa shape index (κ2) is 10.9. The predicted molar refractivity (Wildman–Crippen MR) is 101 cm³/mol. The van der Waals surface area contributed by atoms with Gasteiger partial charge in [-0.2, -0.15) is 0 Å². The van der Waals surface area contributed by atoms with E-state index in [0.717, 1.165) is 41.7 Å². The van der Waals surface area contributed by atoms with Gasteiger partial charge in [0, 0.05) is 18.7 Å². The molecule has 1 N–H and O–H groups in total. The number of hydrogen-bond donors (Lipinski definition) is 1. The van der Waals surface area contributed by atoms with Crippen LogP contribution in [0.1, 0.15) is 31.0 Å². The van der Waals surface area contributed by atoms with Crippen molar-refractivity contribution in [2.45, 2.75) is 44.5 Å². The Morgan fingerprint density at radius 3 is 2.73 bits per heavy atom. The number of aliphatic hydroxyl groups is 1. The van der Waals surface area contributed by atoms with Crippen LogP contribution in [0.15, 0.2) is 35.6 Å². The summed E-state index contributed by atoms with van der Waals surface area (Å²) in [6.45, 7) is 2.92. The topological polar surface area (TPSA) is 73.6 Å². The van der Waals surface area contributed by atoms with Crippen molar-refractivity contribution in [1.82, 2.24) is 9.55 Å². The maximum Gasteiger partial charge on any atom is 0.305 e. The Balaban J connectivity index is 1.90. The minimum absolute atomic E-state index is 0.0427. The third-order valence-corrected chi connectivity index (χ3v) is 4.99. The van der Waals surface area contributed by atoms with Crippen molar-refractivity contribution in [2.24, 2.45) is 0 Å². The minimum atomic E-state index is -0.160. The smallest absolute Gasteiger partial charge is 0.305 e. The van der Waals surface area contributed by atoms with Crippen LogP contribution >= 0.6 is 11.8 Å². The van der Waals surface area contributed by atoms with Gasteiger partial charge in [0.15, 0.2) is 5.16 Å². The molecule has 0 aliphatic heterocycles. The highest BCUT2D eigenvalue weighted by molar-refractivity contribution is 7.99. The number of aromatic nitrogens is 2. The molecule has 1 aromatic carbocycles. The van der Waals surface area contributed by atoms with Crippen LogP contribution in [0.25, 0.3) is 0 Å². The number of esters is 1. The summed E-state index contributed by atoms with van der Waals surface area (Å²) in [6.07, 6.45) is 3.70. The molecule has 0 aliphatic rings. The first-order chi connectivity index (χ1) is 12.7. The SMILES string of the molecule is CCOC(=O)CCCSc1ncc(CO)n1CCc1ccc(OC)cc1. The number of aryl methyl sites for hydroxylation is 1. The molecule has 0 aliphatic carbocycles. The van der Waals surface area contributed by atoms with Gasteiger partial charge in [-0.05, 0) is 37.5 Å². The normalized spacial score (nSPS) is 10.7. The Hall–Kier alpha value is -1.99. The third kappa shape index (κ3) is 6.07. The first kappa shape index (κ1) is 20.3. The largest absolute Gasteiger partial charge is 0.497 e. The fraction of sp³-hybridized carbons (Fsp3) is 0.474. The summed E-state index contributed by atoms with van der Waals surface area (Å²) in [6, 6.07) is 7.98. The molecule has 7 heteroatoms. The van der Waals surface area contributed by atoms with E-state index in [1.807, 2.05) is 35.8 Å². The van der Waals surface area contributed by atoms with Crippen molar-refractivity contribution in [3.63, 3.8) is 0 Å². The highest BCUT2D eigenvalue weighted by atomic mass is 32.2. The van der Waals surface area contributed by atoms with E-state index in [9.17, 15) is 9.90 Å². The average Bonchev–Trinajstić information content (AvgIpc) is 3.06. The lowest BCUT2D eigenvalue weighted by atomic mass is 10.1. The van der Waals surface area contributed by atoms with E-state index in [4.69, 9.17) is 9.47 Å². The zero-order valence-electron chi connectivity index (χ0n) is 15.3. The Labute approximate surface area is 158 Å². The molecule has 0 saturated carbocycles. The van der Waals surface area contributed by atoms with E-state index in [1.165, 1.54) is 5.56 Å². The van der Waals surface area contributed by atoms with Crippen molar-refractivity contribution >= 4 is 17.7 Å². The summed E-state index contributed by atoms with van der Waals surface area (Å²) in [7, 11) is 1.65. The number of ether oxygens (including phenoxy) is 2. The highest BCUT2D eigenvalue weighted by Crippen LogP contribution is 2.21. The Bertz CT molecular complexity index is 685.